The van der Waals surface area contributed by atoms with Crippen molar-refractivity contribution in [2.75, 3.05) is 5.32 Å². The molecular formula is C20H12F3N3O. The maximum atomic E-state index is 13.4. The van der Waals surface area contributed by atoms with Crippen molar-refractivity contribution in [1.29, 1.82) is 0 Å². The number of fused-ring (bicyclic) bond motifs is 1. The Labute approximate surface area is 151 Å². The molecule has 4 nitrogen and oxygen atoms in total. The van der Waals surface area contributed by atoms with E-state index in [9.17, 15) is 18.0 Å². The molecule has 7 heteroatoms. The van der Waals surface area contributed by atoms with Crippen LogP contribution in [0.15, 0.2) is 66.7 Å². The monoisotopic (exact) mass is 367 g/mol. The van der Waals surface area contributed by atoms with E-state index in [0.29, 0.717) is 16.6 Å². The number of carbonyl (C=O) groups is 1. The van der Waals surface area contributed by atoms with Gasteiger partial charge in [-0.3, -0.25) is 4.79 Å². The average Bonchev–Trinajstić information content (AvgIpc) is 3.05. The number of nitrogens with zero attached hydrogens (tertiary/aromatic N) is 2. The molecular weight excluding hydrogens is 355 g/mol. The highest BCUT2D eigenvalue weighted by atomic mass is 19.2. The summed E-state index contributed by atoms with van der Waals surface area (Å²) in [5.41, 5.74) is 1.46. The van der Waals surface area contributed by atoms with Crippen molar-refractivity contribution in [2.45, 2.75) is 0 Å². The molecule has 0 saturated carbocycles. The number of hydrogen-bond acceptors (Lipinski definition) is 2. The first kappa shape index (κ1) is 16.8. The summed E-state index contributed by atoms with van der Waals surface area (Å²) in [5.74, 6) is -3.02. The van der Waals surface area contributed by atoms with Gasteiger partial charge in [0.25, 0.3) is 5.91 Å². The zero-order valence-corrected chi connectivity index (χ0v) is 13.8. The van der Waals surface area contributed by atoms with Crippen LogP contribution in [0.2, 0.25) is 0 Å². The molecule has 0 fully saturated rings. The molecule has 1 N–H and O–H groups in total. The Bertz CT molecular complexity index is 1150. The molecule has 4 rings (SSSR count). The zero-order valence-electron chi connectivity index (χ0n) is 13.8. The second-order valence-electron chi connectivity index (χ2n) is 5.84. The predicted molar refractivity (Wildman–Crippen MR) is 95.3 cm³/mol. The van der Waals surface area contributed by atoms with Gasteiger partial charge in [0.05, 0.1) is 11.2 Å². The van der Waals surface area contributed by atoms with E-state index >= 15 is 0 Å². The highest BCUT2D eigenvalue weighted by molar-refractivity contribution is 6.11. The Balaban J connectivity index is 1.76. The standard InChI is InChI=1S/C20H12F3N3O/c21-12-5-8-14(9-6-12)26-18-4-2-1-3-15(18)19(25-26)20(27)24-13-7-10-16(22)17(23)11-13/h1-11H,(H,24,27). The van der Waals surface area contributed by atoms with Crippen molar-refractivity contribution in [2.24, 2.45) is 0 Å². The van der Waals surface area contributed by atoms with Crippen molar-refractivity contribution in [3.8, 4) is 5.69 Å². The zero-order chi connectivity index (χ0) is 19.0. The Morgan fingerprint density at radius 3 is 2.37 bits per heavy atom. The second kappa shape index (κ2) is 6.60. The molecule has 1 aromatic heterocycles. The summed E-state index contributed by atoms with van der Waals surface area (Å²) in [4.78, 5) is 12.7. The van der Waals surface area contributed by atoms with E-state index in [1.807, 2.05) is 0 Å². The van der Waals surface area contributed by atoms with E-state index < -0.39 is 17.5 Å². The first-order chi connectivity index (χ1) is 13.0. The third kappa shape index (κ3) is 3.15. The Morgan fingerprint density at radius 1 is 0.889 bits per heavy atom. The lowest BCUT2D eigenvalue weighted by molar-refractivity contribution is 0.102. The van der Waals surface area contributed by atoms with Crippen molar-refractivity contribution < 1.29 is 18.0 Å². The number of para-hydroxylation sites is 1. The normalized spacial score (nSPS) is 10.9. The van der Waals surface area contributed by atoms with Crippen LogP contribution in [0, 0.1) is 17.5 Å². The van der Waals surface area contributed by atoms with Gasteiger partial charge in [-0.15, -0.1) is 0 Å². The fraction of sp³-hybridized carbons (Fsp3) is 0. The largest absolute Gasteiger partial charge is 0.320 e. The van der Waals surface area contributed by atoms with Crippen LogP contribution in [-0.2, 0) is 0 Å². The summed E-state index contributed by atoms with van der Waals surface area (Å²) in [6.45, 7) is 0. The summed E-state index contributed by atoms with van der Waals surface area (Å²) in [5, 5.41) is 7.42. The van der Waals surface area contributed by atoms with E-state index in [-0.39, 0.29) is 17.2 Å². The number of carbonyl (C=O) groups excluding carboxylic acids is 1. The number of hydrogen-bond donors (Lipinski definition) is 1. The molecule has 0 aliphatic rings. The number of halogens is 3. The van der Waals surface area contributed by atoms with Gasteiger partial charge in [0.15, 0.2) is 17.3 Å². The minimum absolute atomic E-state index is 0.110. The summed E-state index contributed by atoms with van der Waals surface area (Å²) in [7, 11) is 0. The highest BCUT2D eigenvalue weighted by Gasteiger charge is 2.18. The minimum atomic E-state index is -1.06. The van der Waals surface area contributed by atoms with Crippen LogP contribution in [-0.4, -0.2) is 15.7 Å². The molecule has 1 amide bonds. The first-order valence-corrected chi connectivity index (χ1v) is 8.03. The van der Waals surface area contributed by atoms with Crippen LogP contribution in [0.3, 0.4) is 0 Å². The summed E-state index contributed by atoms with van der Waals surface area (Å²) < 4.78 is 41.1. The minimum Gasteiger partial charge on any atom is -0.320 e. The van der Waals surface area contributed by atoms with Crippen LogP contribution in [0.25, 0.3) is 16.6 Å². The summed E-state index contributed by atoms with van der Waals surface area (Å²) in [6, 6.07) is 15.8. The first-order valence-electron chi connectivity index (χ1n) is 8.03. The molecule has 4 aromatic rings. The van der Waals surface area contributed by atoms with Gasteiger partial charge >= 0.3 is 0 Å². The SMILES string of the molecule is O=C(Nc1ccc(F)c(F)c1)c1nn(-c2ccc(F)cc2)c2ccccc12. The summed E-state index contributed by atoms with van der Waals surface area (Å²) in [6.07, 6.45) is 0. The van der Waals surface area contributed by atoms with Gasteiger partial charge in [0, 0.05) is 17.1 Å². The Morgan fingerprint density at radius 2 is 1.63 bits per heavy atom. The maximum Gasteiger partial charge on any atom is 0.276 e. The number of aromatic nitrogens is 2. The molecule has 27 heavy (non-hydrogen) atoms. The molecule has 0 saturated heterocycles. The fourth-order valence-corrected chi connectivity index (χ4v) is 2.78. The van der Waals surface area contributed by atoms with Crippen LogP contribution in [0.5, 0.6) is 0 Å². The van der Waals surface area contributed by atoms with Gasteiger partial charge in [-0.05, 0) is 42.5 Å². The van der Waals surface area contributed by atoms with Gasteiger partial charge in [-0.1, -0.05) is 18.2 Å². The van der Waals surface area contributed by atoms with E-state index in [2.05, 4.69) is 10.4 Å². The lowest BCUT2D eigenvalue weighted by Gasteiger charge is -2.04. The molecule has 0 atom stereocenters. The highest BCUT2D eigenvalue weighted by Crippen LogP contribution is 2.23. The van der Waals surface area contributed by atoms with Crippen LogP contribution in [0.4, 0.5) is 18.9 Å². The topological polar surface area (TPSA) is 46.9 Å². The van der Waals surface area contributed by atoms with E-state index in [1.54, 1.807) is 36.4 Å². The molecule has 3 aromatic carbocycles. The number of nitrogens with one attached hydrogen (secondary N) is 1. The Hall–Kier alpha value is -3.61. The number of anilines is 1. The predicted octanol–water partition coefficient (Wildman–Crippen LogP) is 4.70. The number of rotatable bonds is 3. The van der Waals surface area contributed by atoms with Crippen molar-refractivity contribution in [1.82, 2.24) is 9.78 Å². The Kier molecular flexibility index (Phi) is 4.12. The lowest BCUT2D eigenvalue weighted by atomic mass is 10.2. The quantitative estimate of drug-likeness (QED) is 0.571. The molecule has 1 heterocycles. The van der Waals surface area contributed by atoms with Gasteiger partial charge in [0.2, 0.25) is 0 Å². The average molecular weight is 367 g/mol. The molecule has 0 radical (unpaired) electrons. The van der Waals surface area contributed by atoms with Crippen molar-refractivity contribution in [3.63, 3.8) is 0 Å². The third-order valence-corrected chi connectivity index (χ3v) is 4.05. The molecule has 134 valence electrons. The van der Waals surface area contributed by atoms with Crippen molar-refractivity contribution >= 4 is 22.5 Å². The van der Waals surface area contributed by atoms with E-state index in [4.69, 9.17) is 0 Å². The van der Waals surface area contributed by atoms with E-state index in [1.165, 1.54) is 22.9 Å². The smallest absolute Gasteiger partial charge is 0.276 e. The molecule has 0 unspecified atom stereocenters. The van der Waals surface area contributed by atoms with Crippen LogP contribution >= 0.6 is 0 Å². The molecule has 0 bridgehead atoms. The molecule has 0 spiro atoms. The van der Waals surface area contributed by atoms with Crippen LogP contribution in [0.1, 0.15) is 10.5 Å². The second-order valence-corrected chi connectivity index (χ2v) is 5.84. The fourth-order valence-electron chi connectivity index (χ4n) is 2.78. The van der Waals surface area contributed by atoms with Gasteiger partial charge in [-0.2, -0.15) is 5.10 Å². The van der Waals surface area contributed by atoms with E-state index in [0.717, 1.165) is 12.1 Å². The maximum absolute atomic E-state index is 13.4. The number of amides is 1. The van der Waals surface area contributed by atoms with Crippen LogP contribution < -0.4 is 5.32 Å². The molecule has 0 aliphatic carbocycles. The van der Waals surface area contributed by atoms with Gasteiger partial charge in [-0.25, -0.2) is 17.9 Å². The van der Waals surface area contributed by atoms with Gasteiger partial charge < -0.3 is 5.32 Å². The molecule has 0 aliphatic heterocycles. The lowest BCUT2D eigenvalue weighted by Crippen LogP contribution is -2.13. The number of benzene rings is 3. The summed E-state index contributed by atoms with van der Waals surface area (Å²) >= 11 is 0. The van der Waals surface area contributed by atoms with Crippen molar-refractivity contribution in [3.05, 3.63) is 89.9 Å². The third-order valence-electron chi connectivity index (χ3n) is 4.05. The van der Waals surface area contributed by atoms with Gasteiger partial charge in [0.1, 0.15) is 5.82 Å².